The molecule has 0 aliphatic carbocycles. The first-order valence-electron chi connectivity index (χ1n) is 11.1. The van der Waals surface area contributed by atoms with Crippen molar-refractivity contribution in [3.63, 3.8) is 0 Å². The van der Waals surface area contributed by atoms with Crippen molar-refractivity contribution in [2.75, 3.05) is 43.5 Å². The summed E-state index contributed by atoms with van der Waals surface area (Å²) in [6.45, 7) is 4.59. The number of hydrogen-bond acceptors (Lipinski definition) is 5. The van der Waals surface area contributed by atoms with Crippen LogP contribution in [0.25, 0.3) is 11.0 Å². The van der Waals surface area contributed by atoms with E-state index in [1.165, 1.54) is 0 Å². The lowest BCUT2D eigenvalue weighted by Gasteiger charge is -2.36. The first-order valence-corrected chi connectivity index (χ1v) is 11.1. The van der Waals surface area contributed by atoms with Gasteiger partial charge in [-0.2, -0.15) is 0 Å². The minimum absolute atomic E-state index is 0.102. The number of amides is 2. The fourth-order valence-electron chi connectivity index (χ4n) is 3.98. The van der Waals surface area contributed by atoms with Gasteiger partial charge >= 0.3 is 0 Å². The fourth-order valence-corrected chi connectivity index (χ4v) is 3.98. The minimum atomic E-state index is -0.197. The maximum absolute atomic E-state index is 13.4. The molecule has 0 bridgehead atoms. The van der Waals surface area contributed by atoms with E-state index in [1.54, 1.807) is 12.0 Å². The van der Waals surface area contributed by atoms with Crippen LogP contribution in [0.5, 0.6) is 5.75 Å². The molecule has 0 unspecified atom stereocenters. The molecule has 0 spiro atoms. The van der Waals surface area contributed by atoms with Gasteiger partial charge in [-0.25, -0.2) is 0 Å². The summed E-state index contributed by atoms with van der Waals surface area (Å²) in [5, 5.41) is 3.68. The third-order valence-corrected chi connectivity index (χ3v) is 5.80. The predicted molar refractivity (Wildman–Crippen MR) is 125 cm³/mol. The molecule has 1 fully saturated rings. The largest absolute Gasteiger partial charge is 0.497 e. The van der Waals surface area contributed by atoms with Crippen LogP contribution >= 0.6 is 0 Å². The molecule has 0 saturated carbocycles. The van der Waals surface area contributed by atoms with Crippen molar-refractivity contribution in [1.82, 2.24) is 4.90 Å². The molecule has 4 rings (SSSR count). The van der Waals surface area contributed by atoms with E-state index in [9.17, 15) is 9.59 Å². The summed E-state index contributed by atoms with van der Waals surface area (Å²) in [4.78, 5) is 29.8. The summed E-state index contributed by atoms with van der Waals surface area (Å²) in [7, 11) is 1.65. The normalized spacial score (nSPS) is 13.9. The number of rotatable bonds is 7. The zero-order chi connectivity index (χ0) is 22.5. The Kier molecular flexibility index (Phi) is 6.63. The molecule has 1 aromatic heterocycles. The van der Waals surface area contributed by atoms with Crippen molar-refractivity contribution in [1.29, 1.82) is 0 Å². The van der Waals surface area contributed by atoms with Gasteiger partial charge in [0.25, 0.3) is 5.91 Å². The number of unbranched alkanes of at least 4 members (excludes halogenated alkanes) is 1. The van der Waals surface area contributed by atoms with Crippen LogP contribution in [0.4, 0.5) is 11.4 Å². The van der Waals surface area contributed by atoms with E-state index in [0.29, 0.717) is 43.9 Å². The topological polar surface area (TPSA) is 75.0 Å². The number of furan rings is 1. The van der Waals surface area contributed by atoms with Crippen LogP contribution < -0.4 is 15.0 Å². The number of piperazine rings is 1. The summed E-state index contributed by atoms with van der Waals surface area (Å²) in [6.07, 6.45) is 2.16. The maximum atomic E-state index is 13.4. The van der Waals surface area contributed by atoms with Crippen molar-refractivity contribution in [3.8, 4) is 5.75 Å². The second-order valence-electron chi connectivity index (χ2n) is 7.93. The van der Waals surface area contributed by atoms with Gasteiger partial charge in [-0.3, -0.25) is 9.59 Å². The summed E-state index contributed by atoms with van der Waals surface area (Å²) >= 11 is 0. The molecule has 2 amide bonds. The third-order valence-electron chi connectivity index (χ3n) is 5.80. The van der Waals surface area contributed by atoms with Gasteiger partial charge in [-0.1, -0.05) is 31.5 Å². The van der Waals surface area contributed by atoms with Crippen LogP contribution in [0.1, 0.15) is 36.7 Å². The Morgan fingerprint density at radius 1 is 1.06 bits per heavy atom. The second-order valence-corrected chi connectivity index (χ2v) is 7.93. The highest BCUT2D eigenvalue weighted by atomic mass is 16.5. The Balaban J connectivity index is 1.51. The van der Waals surface area contributed by atoms with Crippen LogP contribution in [0.2, 0.25) is 0 Å². The van der Waals surface area contributed by atoms with E-state index < -0.39 is 0 Å². The number of ether oxygens (including phenoxy) is 1. The minimum Gasteiger partial charge on any atom is -0.497 e. The van der Waals surface area contributed by atoms with Crippen molar-refractivity contribution < 1.29 is 18.7 Å². The van der Waals surface area contributed by atoms with Crippen LogP contribution in [-0.2, 0) is 4.79 Å². The highest BCUT2D eigenvalue weighted by molar-refractivity contribution is 6.10. The Hall–Kier alpha value is -3.48. The standard InChI is InChI=1S/C25H29N3O4/c1-3-4-12-22(29)26-23-20-10-5-6-11-21(20)32-24(23)25(30)28-15-13-27(14-16-28)18-8-7-9-19(17-18)31-2/h5-11,17H,3-4,12-16H2,1-2H3,(H,26,29). The number of nitrogens with zero attached hydrogens (tertiary/aromatic N) is 2. The number of fused-ring (bicyclic) bond motifs is 1. The summed E-state index contributed by atoms with van der Waals surface area (Å²) in [6, 6.07) is 15.3. The zero-order valence-electron chi connectivity index (χ0n) is 18.6. The van der Waals surface area contributed by atoms with E-state index >= 15 is 0 Å². The maximum Gasteiger partial charge on any atom is 0.291 e. The molecule has 168 valence electrons. The SMILES string of the molecule is CCCCC(=O)Nc1c(C(=O)N2CCN(c3cccc(OC)c3)CC2)oc2ccccc12. The second kappa shape index (κ2) is 9.77. The average Bonchev–Trinajstić information content (AvgIpc) is 3.20. The van der Waals surface area contributed by atoms with Gasteiger partial charge in [-0.05, 0) is 30.7 Å². The monoisotopic (exact) mass is 435 g/mol. The Morgan fingerprint density at radius 2 is 1.84 bits per heavy atom. The number of methoxy groups -OCH3 is 1. The first kappa shape index (κ1) is 21.7. The molecule has 7 nitrogen and oxygen atoms in total. The van der Waals surface area contributed by atoms with Gasteiger partial charge in [0.15, 0.2) is 0 Å². The quantitative estimate of drug-likeness (QED) is 0.590. The third kappa shape index (κ3) is 4.56. The number of carbonyl (C=O) groups excluding carboxylic acids is 2. The number of carbonyl (C=O) groups is 2. The first-order chi connectivity index (χ1) is 15.6. The van der Waals surface area contributed by atoms with Gasteiger partial charge in [0, 0.05) is 49.7 Å². The van der Waals surface area contributed by atoms with Crippen LogP contribution in [0, 0.1) is 0 Å². The lowest BCUT2D eigenvalue weighted by Crippen LogP contribution is -2.48. The summed E-state index contributed by atoms with van der Waals surface area (Å²) < 4.78 is 11.2. The predicted octanol–water partition coefficient (Wildman–Crippen LogP) is 4.53. The molecule has 0 radical (unpaired) electrons. The molecule has 1 N–H and O–H groups in total. The average molecular weight is 436 g/mol. The molecule has 1 aliphatic heterocycles. The zero-order valence-corrected chi connectivity index (χ0v) is 18.6. The molecule has 0 atom stereocenters. The molecule has 2 heterocycles. The fraction of sp³-hybridized carbons (Fsp3) is 0.360. The molecule has 2 aromatic carbocycles. The molecular weight excluding hydrogens is 406 g/mol. The molecule has 7 heteroatoms. The Labute approximate surface area is 187 Å². The molecule has 3 aromatic rings. The lowest BCUT2D eigenvalue weighted by atomic mass is 10.1. The highest BCUT2D eigenvalue weighted by Crippen LogP contribution is 2.32. The summed E-state index contributed by atoms with van der Waals surface area (Å²) in [5.41, 5.74) is 2.14. The van der Waals surface area contributed by atoms with Gasteiger partial charge in [0.2, 0.25) is 11.7 Å². The van der Waals surface area contributed by atoms with Crippen molar-refractivity contribution in [3.05, 3.63) is 54.3 Å². The van der Waals surface area contributed by atoms with Crippen LogP contribution in [0.3, 0.4) is 0 Å². The lowest BCUT2D eigenvalue weighted by molar-refractivity contribution is -0.116. The van der Waals surface area contributed by atoms with E-state index in [0.717, 1.165) is 29.7 Å². The summed E-state index contributed by atoms with van der Waals surface area (Å²) in [5.74, 6) is 0.713. The van der Waals surface area contributed by atoms with Gasteiger partial charge in [0.1, 0.15) is 17.0 Å². The van der Waals surface area contributed by atoms with Crippen molar-refractivity contribution >= 4 is 34.2 Å². The van der Waals surface area contributed by atoms with Gasteiger partial charge in [0.05, 0.1) is 7.11 Å². The smallest absolute Gasteiger partial charge is 0.291 e. The van der Waals surface area contributed by atoms with E-state index in [-0.39, 0.29) is 17.6 Å². The molecule has 1 aliphatic rings. The van der Waals surface area contributed by atoms with E-state index in [1.807, 2.05) is 55.5 Å². The van der Waals surface area contributed by atoms with E-state index in [2.05, 4.69) is 10.2 Å². The molecule has 32 heavy (non-hydrogen) atoms. The van der Waals surface area contributed by atoms with E-state index in [4.69, 9.17) is 9.15 Å². The van der Waals surface area contributed by atoms with Gasteiger partial charge < -0.3 is 24.3 Å². The number of hydrogen-bond donors (Lipinski definition) is 1. The van der Waals surface area contributed by atoms with Crippen molar-refractivity contribution in [2.24, 2.45) is 0 Å². The number of nitrogens with one attached hydrogen (secondary N) is 1. The number of para-hydroxylation sites is 1. The number of anilines is 2. The molecular formula is C25H29N3O4. The van der Waals surface area contributed by atoms with Gasteiger partial charge in [-0.15, -0.1) is 0 Å². The van der Waals surface area contributed by atoms with Crippen LogP contribution in [-0.4, -0.2) is 50.0 Å². The Bertz CT molecular complexity index is 1100. The Morgan fingerprint density at radius 3 is 2.59 bits per heavy atom. The number of benzene rings is 2. The van der Waals surface area contributed by atoms with Crippen molar-refractivity contribution in [2.45, 2.75) is 26.2 Å². The molecule has 1 saturated heterocycles. The van der Waals surface area contributed by atoms with Crippen LogP contribution in [0.15, 0.2) is 52.9 Å². The highest BCUT2D eigenvalue weighted by Gasteiger charge is 2.29.